The number of hydrogen-bond donors (Lipinski definition) is 0. The van der Waals surface area contributed by atoms with E-state index in [9.17, 15) is 4.79 Å². The second-order valence-corrected chi connectivity index (χ2v) is 6.09. The molecule has 4 rings (SSSR count). The SMILES string of the molecule is COC(=O)C1C=CCN1c1nnc(-c2ccccc2)c(-c2ccccc2)n1. The summed E-state index contributed by atoms with van der Waals surface area (Å²) < 4.78 is 4.89. The number of hydrogen-bond acceptors (Lipinski definition) is 6. The lowest BCUT2D eigenvalue weighted by Crippen LogP contribution is -2.38. The van der Waals surface area contributed by atoms with E-state index in [1.807, 2.05) is 66.7 Å². The van der Waals surface area contributed by atoms with Crippen LogP contribution in [0.3, 0.4) is 0 Å². The van der Waals surface area contributed by atoms with Crippen LogP contribution in [0.1, 0.15) is 0 Å². The third-order valence-electron chi connectivity index (χ3n) is 4.43. The summed E-state index contributed by atoms with van der Waals surface area (Å²) in [5.74, 6) is 0.0506. The van der Waals surface area contributed by atoms with Gasteiger partial charge in [-0.1, -0.05) is 72.8 Å². The zero-order valence-electron chi connectivity index (χ0n) is 14.8. The van der Waals surface area contributed by atoms with Crippen molar-refractivity contribution in [1.82, 2.24) is 15.2 Å². The molecule has 0 radical (unpaired) electrons. The molecule has 1 aliphatic rings. The molecule has 0 saturated carbocycles. The van der Waals surface area contributed by atoms with Crippen molar-refractivity contribution >= 4 is 11.9 Å². The number of carbonyl (C=O) groups is 1. The highest BCUT2D eigenvalue weighted by molar-refractivity contribution is 5.83. The van der Waals surface area contributed by atoms with Crippen molar-refractivity contribution in [3.63, 3.8) is 0 Å². The molecule has 0 bridgehead atoms. The molecule has 134 valence electrons. The molecule has 2 aromatic carbocycles. The molecule has 1 unspecified atom stereocenters. The molecule has 1 atom stereocenters. The Kier molecular flexibility index (Phi) is 4.61. The first-order valence-corrected chi connectivity index (χ1v) is 8.64. The van der Waals surface area contributed by atoms with E-state index in [2.05, 4.69) is 10.2 Å². The van der Waals surface area contributed by atoms with Gasteiger partial charge in [-0.2, -0.15) is 0 Å². The monoisotopic (exact) mass is 358 g/mol. The minimum Gasteiger partial charge on any atom is -0.467 e. The molecule has 0 spiro atoms. The van der Waals surface area contributed by atoms with Crippen molar-refractivity contribution in [2.24, 2.45) is 0 Å². The molecule has 27 heavy (non-hydrogen) atoms. The number of aromatic nitrogens is 3. The molecule has 0 amide bonds. The van der Waals surface area contributed by atoms with E-state index in [4.69, 9.17) is 9.72 Å². The predicted molar refractivity (Wildman–Crippen MR) is 103 cm³/mol. The van der Waals surface area contributed by atoms with Crippen LogP contribution in [0.2, 0.25) is 0 Å². The molecule has 6 nitrogen and oxygen atoms in total. The smallest absolute Gasteiger partial charge is 0.332 e. The maximum absolute atomic E-state index is 12.1. The standard InChI is InChI=1S/C21H18N4O2/c1-27-20(26)17-13-8-14-25(17)21-22-18(15-9-4-2-5-10-15)19(23-24-21)16-11-6-3-7-12-16/h2-13,17H,14H2,1H3. The van der Waals surface area contributed by atoms with Gasteiger partial charge in [0.2, 0.25) is 5.95 Å². The van der Waals surface area contributed by atoms with E-state index >= 15 is 0 Å². The van der Waals surface area contributed by atoms with E-state index in [0.29, 0.717) is 18.2 Å². The Morgan fingerprint density at radius 2 is 1.59 bits per heavy atom. The van der Waals surface area contributed by atoms with Crippen molar-refractivity contribution in [2.45, 2.75) is 6.04 Å². The van der Waals surface area contributed by atoms with Crippen LogP contribution in [0.4, 0.5) is 5.95 Å². The lowest BCUT2D eigenvalue weighted by Gasteiger charge is -2.22. The van der Waals surface area contributed by atoms with Gasteiger partial charge in [-0.15, -0.1) is 10.2 Å². The average Bonchev–Trinajstić information content (AvgIpc) is 3.24. The van der Waals surface area contributed by atoms with Crippen LogP contribution in [-0.4, -0.2) is 40.8 Å². The van der Waals surface area contributed by atoms with Crippen LogP contribution in [0.5, 0.6) is 0 Å². The Balaban J connectivity index is 1.81. The van der Waals surface area contributed by atoms with Crippen molar-refractivity contribution in [2.75, 3.05) is 18.6 Å². The summed E-state index contributed by atoms with van der Waals surface area (Å²) in [5.41, 5.74) is 3.30. The van der Waals surface area contributed by atoms with Crippen LogP contribution < -0.4 is 4.90 Å². The molecule has 3 aromatic rings. The first kappa shape index (κ1) is 16.9. The normalized spacial score (nSPS) is 15.7. The van der Waals surface area contributed by atoms with Crippen molar-refractivity contribution < 1.29 is 9.53 Å². The summed E-state index contributed by atoms with van der Waals surface area (Å²) in [6.07, 6.45) is 3.70. The second-order valence-electron chi connectivity index (χ2n) is 6.09. The highest BCUT2D eigenvalue weighted by Gasteiger charge is 2.30. The largest absolute Gasteiger partial charge is 0.467 e. The number of nitrogens with zero attached hydrogens (tertiary/aromatic N) is 4. The summed E-state index contributed by atoms with van der Waals surface area (Å²) in [6.45, 7) is 0.528. The first-order chi connectivity index (χ1) is 13.3. The van der Waals surface area contributed by atoms with Crippen molar-refractivity contribution in [3.05, 3.63) is 72.8 Å². The predicted octanol–water partition coefficient (Wildman–Crippen LogP) is 3.12. The van der Waals surface area contributed by atoms with Gasteiger partial charge >= 0.3 is 5.97 Å². The van der Waals surface area contributed by atoms with Gasteiger partial charge < -0.3 is 9.64 Å². The zero-order valence-corrected chi connectivity index (χ0v) is 14.8. The molecule has 1 aromatic heterocycles. The molecule has 0 aliphatic carbocycles. The van der Waals surface area contributed by atoms with Gasteiger partial charge in [0.1, 0.15) is 17.4 Å². The summed E-state index contributed by atoms with van der Waals surface area (Å²) in [4.78, 5) is 18.6. The Hall–Kier alpha value is -3.54. The Morgan fingerprint density at radius 3 is 2.22 bits per heavy atom. The fraction of sp³-hybridized carbons (Fsp3) is 0.143. The molecular formula is C21H18N4O2. The van der Waals surface area contributed by atoms with E-state index in [-0.39, 0.29) is 5.97 Å². The highest BCUT2D eigenvalue weighted by Crippen LogP contribution is 2.30. The molecule has 0 N–H and O–H groups in total. The molecule has 1 aliphatic heterocycles. The van der Waals surface area contributed by atoms with Crippen molar-refractivity contribution in [1.29, 1.82) is 0 Å². The minimum absolute atomic E-state index is 0.347. The molecule has 0 saturated heterocycles. The maximum Gasteiger partial charge on any atom is 0.332 e. The summed E-state index contributed by atoms with van der Waals surface area (Å²) in [5, 5.41) is 8.76. The van der Waals surface area contributed by atoms with Crippen molar-refractivity contribution in [3.8, 4) is 22.5 Å². The second kappa shape index (κ2) is 7.37. The van der Waals surface area contributed by atoms with Crippen LogP contribution in [-0.2, 0) is 9.53 Å². The van der Waals surface area contributed by atoms with E-state index in [1.54, 1.807) is 11.0 Å². The molecular weight excluding hydrogens is 340 g/mol. The van der Waals surface area contributed by atoms with Gasteiger partial charge in [0.15, 0.2) is 0 Å². The number of methoxy groups -OCH3 is 1. The Bertz CT molecular complexity index is 974. The van der Waals surface area contributed by atoms with Gasteiger partial charge in [-0.3, -0.25) is 0 Å². The van der Waals surface area contributed by atoms with Crippen LogP contribution >= 0.6 is 0 Å². The van der Waals surface area contributed by atoms with E-state index in [0.717, 1.165) is 16.8 Å². The number of rotatable bonds is 4. The van der Waals surface area contributed by atoms with Gasteiger partial charge in [0.25, 0.3) is 0 Å². The number of ether oxygens (including phenoxy) is 1. The summed E-state index contributed by atoms with van der Waals surface area (Å²) >= 11 is 0. The highest BCUT2D eigenvalue weighted by atomic mass is 16.5. The van der Waals surface area contributed by atoms with E-state index in [1.165, 1.54) is 7.11 Å². The third kappa shape index (κ3) is 3.29. The summed E-state index contributed by atoms with van der Waals surface area (Å²) in [7, 11) is 1.37. The first-order valence-electron chi connectivity index (χ1n) is 8.64. The van der Waals surface area contributed by atoms with Gasteiger partial charge in [-0.25, -0.2) is 9.78 Å². The maximum atomic E-state index is 12.1. The van der Waals surface area contributed by atoms with Gasteiger partial charge in [0.05, 0.1) is 7.11 Å². The number of benzene rings is 2. The van der Waals surface area contributed by atoms with Crippen LogP contribution in [0.25, 0.3) is 22.5 Å². The molecule has 6 heteroatoms. The fourth-order valence-electron chi connectivity index (χ4n) is 3.08. The summed E-state index contributed by atoms with van der Waals surface area (Å²) in [6, 6.07) is 19.1. The molecule has 2 heterocycles. The average molecular weight is 358 g/mol. The quantitative estimate of drug-likeness (QED) is 0.527. The van der Waals surface area contributed by atoms with E-state index < -0.39 is 6.04 Å². The Morgan fingerprint density at radius 1 is 0.963 bits per heavy atom. The Labute approximate surface area is 157 Å². The topological polar surface area (TPSA) is 68.2 Å². The lowest BCUT2D eigenvalue weighted by atomic mass is 10.0. The number of carbonyl (C=O) groups excluding carboxylic acids is 1. The third-order valence-corrected chi connectivity index (χ3v) is 4.43. The van der Waals surface area contributed by atoms with Gasteiger partial charge in [-0.05, 0) is 0 Å². The lowest BCUT2D eigenvalue weighted by molar-refractivity contribution is -0.140. The number of anilines is 1. The van der Waals surface area contributed by atoms with Crippen LogP contribution in [0.15, 0.2) is 72.8 Å². The fourth-order valence-corrected chi connectivity index (χ4v) is 3.08. The van der Waals surface area contributed by atoms with Crippen LogP contribution in [0, 0.1) is 0 Å². The zero-order chi connectivity index (χ0) is 18.6. The molecule has 0 fully saturated rings. The number of esters is 1. The minimum atomic E-state index is -0.539. The van der Waals surface area contributed by atoms with Gasteiger partial charge in [0, 0.05) is 17.7 Å².